The van der Waals surface area contributed by atoms with Crippen LogP contribution in [0.15, 0.2) is 53.7 Å². The molecule has 0 amide bonds. The molecule has 2 aromatic heterocycles. The molecule has 0 saturated carbocycles. The van der Waals surface area contributed by atoms with Gasteiger partial charge in [-0.2, -0.15) is 0 Å². The highest BCUT2D eigenvalue weighted by Gasteiger charge is 2.24. The van der Waals surface area contributed by atoms with E-state index in [9.17, 15) is 13.5 Å². The van der Waals surface area contributed by atoms with Crippen molar-refractivity contribution in [2.75, 3.05) is 18.4 Å². The summed E-state index contributed by atoms with van der Waals surface area (Å²) in [7, 11) is -2.65. The highest BCUT2D eigenvalue weighted by molar-refractivity contribution is 7.92. The molecule has 2 heterocycles. The van der Waals surface area contributed by atoms with Crippen molar-refractivity contribution < 1.29 is 23.0 Å². The van der Waals surface area contributed by atoms with E-state index >= 15 is 0 Å². The second kappa shape index (κ2) is 8.86. The van der Waals surface area contributed by atoms with Gasteiger partial charge in [0, 0.05) is 11.8 Å². The molecule has 9 nitrogen and oxygen atoms in total. The van der Waals surface area contributed by atoms with Gasteiger partial charge in [0.15, 0.2) is 0 Å². The summed E-state index contributed by atoms with van der Waals surface area (Å²) >= 11 is 0. The number of aliphatic hydroxyl groups is 1. The maximum Gasteiger partial charge on any atom is 0.265 e. The molecular weight excluding hydrogens is 420 g/mol. The smallest absolute Gasteiger partial charge is 0.265 e. The summed E-state index contributed by atoms with van der Waals surface area (Å²) in [6.45, 7) is 5.10. The predicted molar refractivity (Wildman–Crippen MR) is 116 cm³/mol. The van der Waals surface area contributed by atoms with Gasteiger partial charge in [-0.1, -0.05) is 0 Å². The number of aliphatic hydroxyl groups excluding tert-OH is 1. The Morgan fingerprint density at radius 1 is 1.13 bits per heavy atom. The maximum atomic E-state index is 13.1. The van der Waals surface area contributed by atoms with Crippen LogP contribution in [0.4, 0.5) is 5.82 Å². The fraction of sp³-hybridized carbons (Fsp3) is 0.286. The van der Waals surface area contributed by atoms with Gasteiger partial charge in [0.1, 0.15) is 16.2 Å². The number of hydrogen-bond donors (Lipinski definition) is 2. The number of methoxy groups -OCH3 is 1. The Morgan fingerprint density at radius 2 is 1.84 bits per heavy atom. The van der Waals surface area contributed by atoms with Gasteiger partial charge in [-0.05, 0) is 57.2 Å². The molecule has 3 aromatic rings. The third-order valence-corrected chi connectivity index (χ3v) is 5.62. The average Bonchev–Trinajstić information content (AvgIpc) is 2.75. The molecule has 0 aliphatic carbocycles. The van der Waals surface area contributed by atoms with Gasteiger partial charge in [-0.15, -0.1) is 0 Å². The molecule has 0 fully saturated rings. The number of ether oxygens (including phenoxy) is 2. The minimum absolute atomic E-state index is 0.0158. The van der Waals surface area contributed by atoms with Gasteiger partial charge in [0.25, 0.3) is 15.9 Å². The fourth-order valence-electron chi connectivity index (χ4n) is 2.71. The van der Waals surface area contributed by atoms with Gasteiger partial charge < -0.3 is 14.6 Å². The zero-order valence-electron chi connectivity index (χ0n) is 17.7. The molecule has 2 N–H and O–H groups in total. The number of rotatable bonds is 8. The second-order valence-electron chi connectivity index (χ2n) is 7.37. The van der Waals surface area contributed by atoms with Crippen LogP contribution in [-0.4, -0.2) is 47.8 Å². The zero-order valence-corrected chi connectivity index (χ0v) is 18.5. The lowest BCUT2D eigenvalue weighted by atomic mass is 10.1. The van der Waals surface area contributed by atoms with Crippen LogP contribution < -0.4 is 14.2 Å². The molecule has 0 atom stereocenters. The number of sulfonamides is 1. The quantitative estimate of drug-likeness (QED) is 0.544. The van der Waals surface area contributed by atoms with Crippen LogP contribution in [0.25, 0.3) is 11.3 Å². The van der Waals surface area contributed by atoms with E-state index in [1.807, 2.05) is 0 Å². The summed E-state index contributed by atoms with van der Waals surface area (Å²) in [6, 6.07) is 9.79. The fourth-order valence-corrected chi connectivity index (χ4v) is 3.89. The lowest BCUT2D eigenvalue weighted by molar-refractivity contribution is 0.0413. The van der Waals surface area contributed by atoms with Crippen LogP contribution in [0.2, 0.25) is 0 Å². The van der Waals surface area contributed by atoms with Gasteiger partial charge >= 0.3 is 0 Å². The summed E-state index contributed by atoms with van der Waals surface area (Å²) in [4.78, 5) is 12.5. The van der Waals surface area contributed by atoms with Crippen molar-refractivity contribution in [2.24, 2.45) is 0 Å². The van der Waals surface area contributed by atoms with E-state index in [1.54, 1.807) is 45.0 Å². The Hall–Kier alpha value is -3.24. The number of pyridine rings is 1. The highest BCUT2D eigenvalue weighted by atomic mass is 32.2. The van der Waals surface area contributed by atoms with E-state index in [4.69, 9.17) is 9.47 Å². The first kappa shape index (κ1) is 22.4. The van der Waals surface area contributed by atoms with Crippen LogP contribution in [0.3, 0.4) is 0 Å². The monoisotopic (exact) mass is 444 g/mol. The zero-order chi connectivity index (χ0) is 22.6. The van der Waals surface area contributed by atoms with Crippen molar-refractivity contribution in [3.05, 3.63) is 54.5 Å². The third kappa shape index (κ3) is 5.28. The Morgan fingerprint density at radius 3 is 2.48 bits per heavy atom. The predicted octanol–water partition coefficient (Wildman–Crippen LogP) is 2.81. The van der Waals surface area contributed by atoms with Gasteiger partial charge in [-0.3, -0.25) is 9.71 Å². The van der Waals surface area contributed by atoms with Crippen molar-refractivity contribution >= 4 is 15.8 Å². The first-order chi connectivity index (χ1) is 14.6. The largest absolute Gasteiger partial charge is 0.485 e. The van der Waals surface area contributed by atoms with Crippen molar-refractivity contribution in [1.82, 2.24) is 15.0 Å². The molecule has 0 unspecified atom stereocenters. The summed E-state index contributed by atoms with van der Waals surface area (Å²) < 4.78 is 39.5. The summed E-state index contributed by atoms with van der Waals surface area (Å²) in [5, 5.41) is 9.36. The van der Waals surface area contributed by atoms with Gasteiger partial charge in [0.2, 0.25) is 5.82 Å². The number of aromatic nitrogens is 3. The number of benzene rings is 1. The van der Waals surface area contributed by atoms with Gasteiger partial charge in [0.05, 0.1) is 31.3 Å². The van der Waals surface area contributed by atoms with E-state index in [0.717, 1.165) is 0 Å². The van der Waals surface area contributed by atoms with Gasteiger partial charge in [-0.25, -0.2) is 18.4 Å². The van der Waals surface area contributed by atoms with E-state index in [2.05, 4.69) is 19.7 Å². The number of hydrogen-bond acceptors (Lipinski definition) is 8. The molecule has 0 aliphatic rings. The van der Waals surface area contributed by atoms with Crippen molar-refractivity contribution in [2.45, 2.75) is 31.3 Å². The lowest BCUT2D eigenvalue weighted by Crippen LogP contribution is -2.32. The molecule has 0 saturated heterocycles. The molecule has 3 rings (SSSR count). The topological polar surface area (TPSA) is 124 Å². The van der Waals surface area contributed by atoms with E-state index in [-0.39, 0.29) is 28.9 Å². The SMILES string of the molecule is COc1nc(C)cnc1NS(=O)(=O)c1cccnc1-c1ccc(OC(C)(C)CO)cc1. The highest BCUT2D eigenvalue weighted by Crippen LogP contribution is 2.30. The van der Waals surface area contributed by atoms with Crippen LogP contribution in [0.5, 0.6) is 11.6 Å². The lowest BCUT2D eigenvalue weighted by Gasteiger charge is -2.24. The summed E-state index contributed by atoms with van der Waals surface area (Å²) in [6.07, 6.45) is 2.96. The van der Waals surface area contributed by atoms with Crippen molar-refractivity contribution in [3.8, 4) is 22.9 Å². The number of aryl methyl sites for hydroxylation is 1. The molecule has 0 aliphatic heterocycles. The van der Waals surface area contributed by atoms with Crippen LogP contribution in [0, 0.1) is 6.92 Å². The van der Waals surface area contributed by atoms with Crippen LogP contribution in [0.1, 0.15) is 19.5 Å². The van der Waals surface area contributed by atoms with E-state index < -0.39 is 15.6 Å². The van der Waals surface area contributed by atoms with E-state index in [0.29, 0.717) is 17.0 Å². The molecule has 0 bridgehead atoms. The Labute approximate surface area is 181 Å². The Kier molecular flexibility index (Phi) is 6.42. The van der Waals surface area contributed by atoms with Crippen molar-refractivity contribution in [3.63, 3.8) is 0 Å². The molecule has 0 radical (unpaired) electrons. The van der Waals surface area contributed by atoms with Crippen LogP contribution in [-0.2, 0) is 10.0 Å². The summed E-state index contributed by atoms with van der Waals surface area (Å²) in [5.41, 5.74) is 0.701. The molecule has 164 valence electrons. The number of anilines is 1. The van der Waals surface area contributed by atoms with Crippen LogP contribution >= 0.6 is 0 Å². The summed E-state index contributed by atoms with van der Waals surface area (Å²) in [5.74, 6) is 0.598. The maximum absolute atomic E-state index is 13.1. The first-order valence-corrected chi connectivity index (χ1v) is 10.9. The minimum Gasteiger partial charge on any atom is -0.485 e. The standard InChI is InChI=1S/C21H24N4O5S/c1-14-12-23-19(20(24-14)29-4)25-31(27,28)17-6-5-11-22-18(17)15-7-9-16(10-8-15)30-21(2,3)13-26/h5-12,26H,13H2,1-4H3,(H,23,25). The average molecular weight is 445 g/mol. The third-order valence-electron chi connectivity index (χ3n) is 4.25. The first-order valence-electron chi connectivity index (χ1n) is 9.41. The Balaban J connectivity index is 1.95. The van der Waals surface area contributed by atoms with Crippen molar-refractivity contribution in [1.29, 1.82) is 0 Å². The second-order valence-corrected chi connectivity index (χ2v) is 9.02. The normalized spacial score (nSPS) is 11.8. The minimum atomic E-state index is -4.04. The molecule has 0 spiro atoms. The number of nitrogens with one attached hydrogen (secondary N) is 1. The molecule has 1 aromatic carbocycles. The molecule has 10 heteroatoms. The number of nitrogens with zero attached hydrogens (tertiary/aromatic N) is 3. The molecular formula is C21H24N4O5S. The molecule has 31 heavy (non-hydrogen) atoms. The van der Waals surface area contributed by atoms with E-state index in [1.165, 1.54) is 31.6 Å². The Bertz CT molecular complexity index is 1160.